The molecular formula is C27H44O3. The highest BCUT2D eigenvalue weighted by molar-refractivity contribution is 5.85. The van der Waals surface area contributed by atoms with Crippen molar-refractivity contribution in [2.45, 2.75) is 110 Å². The summed E-state index contributed by atoms with van der Waals surface area (Å²) in [6, 6.07) is 7.55. The van der Waals surface area contributed by atoms with E-state index in [9.17, 15) is 4.79 Å². The monoisotopic (exact) mass is 416 g/mol. The Morgan fingerprint density at radius 1 is 0.733 bits per heavy atom. The molecule has 0 bridgehead atoms. The first kappa shape index (κ1) is 26.3. The molecule has 0 amide bonds. The van der Waals surface area contributed by atoms with Gasteiger partial charge in [-0.05, 0) is 30.2 Å². The molecule has 30 heavy (non-hydrogen) atoms. The van der Waals surface area contributed by atoms with Gasteiger partial charge in [-0.1, -0.05) is 115 Å². The van der Waals surface area contributed by atoms with E-state index in [0.717, 1.165) is 30.4 Å². The number of hydrogen-bond donors (Lipinski definition) is 1. The average Bonchev–Trinajstić information content (AvgIpc) is 2.75. The van der Waals surface area contributed by atoms with Gasteiger partial charge in [-0.3, -0.25) is 0 Å². The summed E-state index contributed by atoms with van der Waals surface area (Å²) in [7, 11) is 0. The maximum absolute atomic E-state index is 10.5. The van der Waals surface area contributed by atoms with Gasteiger partial charge in [-0.2, -0.15) is 0 Å². The Labute approximate surface area is 184 Å². The van der Waals surface area contributed by atoms with Crippen LogP contribution in [0.2, 0.25) is 0 Å². The number of carbonyl (C=O) groups is 1. The molecule has 0 radical (unpaired) electrons. The van der Waals surface area contributed by atoms with E-state index < -0.39 is 5.97 Å². The van der Waals surface area contributed by atoms with Crippen LogP contribution in [0.3, 0.4) is 0 Å². The van der Waals surface area contributed by atoms with Crippen molar-refractivity contribution in [3.63, 3.8) is 0 Å². The van der Waals surface area contributed by atoms with Crippen molar-refractivity contribution >= 4 is 12.0 Å². The fourth-order valence-corrected chi connectivity index (χ4v) is 3.68. The predicted molar refractivity (Wildman–Crippen MR) is 128 cm³/mol. The van der Waals surface area contributed by atoms with Gasteiger partial charge in [-0.25, -0.2) is 4.79 Å². The van der Waals surface area contributed by atoms with Crippen molar-refractivity contribution in [1.82, 2.24) is 0 Å². The Morgan fingerprint density at radius 3 is 1.60 bits per heavy atom. The van der Waals surface area contributed by atoms with Crippen LogP contribution in [0.25, 0.3) is 6.08 Å². The summed E-state index contributed by atoms with van der Waals surface area (Å²) in [5.74, 6) is -0.0812. The van der Waals surface area contributed by atoms with Crippen molar-refractivity contribution in [3.8, 4) is 5.75 Å². The summed E-state index contributed by atoms with van der Waals surface area (Å²) in [4.78, 5) is 10.5. The summed E-state index contributed by atoms with van der Waals surface area (Å²) < 4.78 is 5.77. The summed E-state index contributed by atoms with van der Waals surface area (Å²) in [5, 5.41) is 8.63. The Balaban J connectivity index is 1.84. The molecule has 0 atom stereocenters. The fourth-order valence-electron chi connectivity index (χ4n) is 3.68. The second kappa shape index (κ2) is 19.2. The molecule has 0 aliphatic rings. The van der Waals surface area contributed by atoms with E-state index in [1.165, 1.54) is 96.3 Å². The van der Waals surface area contributed by atoms with Crippen LogP contribution in [0.5, 0.6) is 5.75 Å². The molecule has 3 nitrogen and oxygen atoms in total. The van der Waals surface area contributed by atoms with E-state index in [2.05, 4.69) is 6.92 Å². The molecule has 0 aliphatic heterocycles. The first-order valence-corrected chi connectivity index (χ1v) is 12.4. The van der Waals surface area contributed by atoms with Gasteiger partial charge in [0.25, 0.3) is 0 Å². The highest BCUT2D eigenvalue weighted by atomic mass is 16.5. The number of carboxylic acid groups (broad SMARTS) is 1. The average molecular weight is 417 g/mol. The quantitative estimate of drug-likeness (QED) is 0.171. The van der Waals surface area contributed by atoms with Crippen molar-refractivity contribution in [1.29, 1.82) is 0 Å². The summed E-state index contributed by atoms with van der Waals surface area (Å²) >= 11 is 0. The van der Waals surface area contributed by atoms with Gasteiger partial charge in [0.2, 0.25) is 0 Å². The third-order valence-electron chi connectivity index (χ3n) is 5.57. The number of benzene rings is 1. The van der Waals surface area contributed by atoms with Crippen molar-refractivity contribution in [2.75, 3.05) is 6.61 Å². The molecule has 0 unspecified atom stereocenters. The second-order valence-corrected chi connectivity index (χ2v) is 8.39. The molecule has 0 saturated carbocycles. The summed E-state index contributed by atoms with van der Waals surface area (Å²) in [5.41, 5.74) is 0.868. The van der Waals surface area contributed by atoms with Gasteiger partial charge in [0.15, 0.2) is 0 Å². The number of carboxylic acids is 1. The van der Waals surface area contributed by atoms with Crippen molar-refractivity contribution in [2.24, 2.45) is 0 Å². The third-order valence-corrected chi connectivity index (χ3v) is 5.57. The van der Waals surface area contributed by atoms with Gasteiger partial charge in [0, 0.05) is 6.08 Å². The number of rotatable bonds is 20. The van der Waals surface area contributed by atoms with E-state index in [-0.39, 0.29) is 0 Å². The molecule has 0 saturated heterocycles. The SMILES string of the molecule is CCCCCCCCCCCCCCCCCCOc1ccc(C=CC(=O)O)cc1. The highest BCUT2D eigenvalue weighted by Crippen LogP contribution is 2.15. The van der Waals surface area contributed by atoms with Gasteiger partial charge >= 0.3 is 5.97 Å². The topological polar surface area (TPSA) is 46.5 Å². The first-order chi connectivity index (χ1) is 14.7. The zero-order chi connectivity index (χ0) is 21.7. The van der Waals surface area contributed by atoms with E-state index in [1.807, 2.05) is 24.3 Å². The lowest BCUT2D eigenvalue weighted by Crippen LogP contribution is -1.97. The largest absolute Gasteiger partial charge is 0.494 e. The Hall–Kier alpha value is -1.77. The molecule has 0 heterocycles. The van der Waals surface area contributed by atoms with Gasteiger partial charge < -0.3 is 9.84 Å². The molecule has 0 fully saturated rings. The number of aliphatic carboxylic acids is 1. The lowest BCUT2D eigenvalue weighted by atomic mass is 10.0. The number of unbranched alkanes of at least 4 members (excludes halogenated alkanes) is 15. The van der Waals surface area contributed by atoms with Crippen LogP contribution in [-0.4, -0.2) is 17.7 Å². The van der Waals surface area contributed by atoms with E-state index in [4.69, 9.17) is 9.84 Å². The lowest BCUT2D eigenvalue weighted by Gasteiger charge is -2.06. The Bertz CT molecular complexity index is 548. The molecule has 1 aromatic rings. The number of hydrogen-bond acceptors (Lipinski definition) is 2. The van der Waals surface area contributed by atoms with E-state index in [1.54, 1.807) is 6.08 Å². The smallest absolute Gasteiger partial charge is 0.328 e. The van der Waals surface area contributed by atoms with Crippen LogP contribution in [0.1, 0.15) is 115 Å². The molecular weight excluding hydrogens is 372 g/mol. The van der Waals surface area contributed by atoms with Crippen LogP contribution < -0.4 is 4.74 Å². The lowest BCUT2D eigenvalue weighted by molar-refractivity contribution is -0.131. The predicted octanol–water partition coefficient (Wildman–Crippen LogP) is 8.42. The third kappa shape index (κ3) is 16.1. The minimum Gasteiger partial charge on any atom is -0.494 e. The minimum absolute atomic E-state index is 0.753. The molecule has 3 heteroatoms. The zero-order valence-electron chi connectivity index (χ0n) is 19.2. The van der Waals surface area contributed by atoms with Crippen LogP contribution in [0, 0.1) is 0 Å². The fraction of sp³-hybridized carbons (Fsp3) is 0.667. The molecule has 0 spiro atoms. The molecule has 1 N–H and O–H groups in total. The zero-order valence-corrected chi connectivity index (χ0v) is 19.2. The van der Waals surface area contributed by atoms with Crippen LogP contribution >= 0.6 is 0 Å². The van der Waals surface area contributed by atoms with Gasteiger partial charge in [0.1, 0.15) is 5.75 Å². The van der Waals surface area contributed by atoms with E-state index in [0.29, 0.717) is 0 Å². The molecule has 0 aliphatic carbocycles. The second-order valence-electron chi connectivity index (χ2n) is 8.39. The van der Waals surface area contributed by atoms with Gasteiger partial charge in [-0.15, -0.1) is 0 Å². The maximum Gasteiger partial charge on any atom is 0.328 e. The standard InChI is InChI=1S/C27H44O3/c1-2-3-4-5-6-7-8-9-10-11-12-13-14-15-16-17-24-30-26-21-18-25(19-22-26)20-23-27(28)29/h18-23H,2-17,24H2,1H3,(H,28,29). The Morgan fingerprint density at radius 2 is 1.17 bits per heavy atom. The maximum atomic E-state index is 10.5. The van der Waals surface area contributed by atoms with Crippen LogP contribution in [-0.2, 0) is 4.79 Å². The molecule has 170 valence electrons. The number of ether oxygens (including phenoxy) is 1. The van der Waals surface area contributed by atoms with Crippen LogP contribution in [0.15, 0.2) is 30.3 Å². The van der Waals surface area contributed by atoms with Gasteiger partial charge in [0.05, 0.1) is 6.61 Å². The van der Waals surface area contributed by atoms with Crippen molar-refractivity contribution < 1.29 is 14.6 Å². The molecule has 1 aromatic carbocycles. The van der Waals surface area contributed by atoms with E-state index >= 15 is 0 Å². The minimum atomic E-state index is -0.932. The summed E-state index contributed by atoms with van der Waals surface area (Å²) in [6.07, 6.45) is 24.7. The molecule has 0 aromatic heterocycles. The van der Waals surface area contributed by atoms with Crippen molar-refractivity contribution in [3.05, 3.63) is 35.9 Å². The highest BCUT2D eigenvalue weighted by Gasteiger charge is 1.97. The molecule has 1 rings (SSSR count). The van der Waals surface area contributed by atoms with Crippen LogP contribution in [0.4, 0.5) is 0 Å². The summed E-state index contributed by atoms with van der Waals surface area (Å²) in [6.45, 7) is 3.03. The Kier molecular flexibility index (Phi) is 16.8. The normalized spacial score (nSPS) is 11.2. The first-order valence-electron chi connectivity index (χ1n) is 12.4.